The van der Waals surface area contributed by atoms with E-state index in [4.69, 9.17) is 0 Å². The van der Waals surface area contributed by atoms with Gasteiger partial charge >= 0.3 is 0 Å². The second kappa shape index (κ2) is 6.34. The van der Waals surface area contributed by atoms with Gasteiger partial charge in [0.1, 0.15) is 0 Å². The molecule has 0 aliphatic rings. The van der Waals surface area contributed by atoms with Gasteiger partial charge < -0.3 is 5.32 Å². The van der Waals surface area contributed by atoms with Gasteiger partial charge in [-0.3, -0.25) is 4.40 Å². The van der Waals surface area contributed by atoms with Crippen molar-refractivity contribution in [2.75, 3.05) is 0 Å². The Balaban J connectivity index is 1.89. The summed E-state index contributed by atoms with van der Waals surface area (Å²) in [6.45, 7) is 7.54. The number of unbranched alkanes of at least 4 members (excludes halogenated alkanes) is 2. The number of nitrogens with one attached hydrogen (secondary N) is 1. The fraction of sp³-hybridized carbons (Fsp3) is 0.643. The lowest BCUT2D eigenvalue weighted by Gasteiger charge is -2.13. The van der Waals surface area contributed by atoms with Crippen LogP contribution in [0.4, 0.5) is 0 Å². The number of nitrogens with zero attached hydrogens (tertiary/aromatic N) is 2. The van der Waals surface area contributed by atoms with Crippen molar-refractivity contribution in [3.05, 3.63) is 23.0 Å². The zero-order chi connectivity index (χ0) is 13.0. The minimum Gasteiger partial charge on any atom is -0.309 e. The average molecular weight is 265 g/mol. The summed E-state index contributed by atoms with van der Waals surface area (Å²) in [5.74, 6) is 0. The van der Waals surface area contributed by atoms with Crippen molar-refractivity contribution in [2.24, 2.45) is 0 Å². The third-order valence-electron chi connectivity index (χ3n) is 3.42. The zero-order valence-corrected chi connectivity index (χ0v) is 12.4. The number of hydrogen-bond donors (Lipinski definition) is 1. The molecular weight excluding hydrogens is 242 g/mol. The van der Waals surface area contributed by atoms with Crippen LogP contribution in [0.15, 0.2) is 11.6 Å². The van der Waals surface area contributed by atoms with Crippen LogP contribution in [-0.4, -0.2) is 15.4 Å². The highest BCUT2D eigenvalue weighted by molar-refractivity contribution is 7.15. The summed E-state index contributed by atoms with van der Waals surface area (Å²) in [4.78, 5) is 5.67. The quantitative estimate of drug-likeness (QED) is 0.772. The Kier molecular flexibility index (Phi) is 4.78. The van der Waals surface area contributed by atoms with E-state index in [2.05, 4.69) is 47.0 Å². The molecule has 3 nitrogen and oxygen atoms in total. The molecule has 2 rings (SSSR count). The average Bonchev–Trinajstić information content (AvgIpc) is 2.88. The van der Waals surface area contributed by atoms with Gasteiger partial charge in [-0.1, -0.05) is 26.2 Å². The van der Waals surface area contributed by atoms with Crippen LogP contribution in [-0.2, 0) is 6.54 Å². The van der Waals surface area contributed by atoms with Crippen LogP contribution in [0.2, 0.25) is 0 Å². The van der Waals surface area contributed by atoms with Gasteiger partial charge in [-0.15, -0.1) is 11.3 Å². The standard InChI is InChI=1S/C14H23N3S/c1-4-5-6-7-11(2)15-10-13-12(3)16-14-17(13)8-9-18-14/h8-9,11,15H,4-7,10H2,1-3H3. The monoisotopic (exact) mass is 265 g/mol. The molecule has 0 amide bonds. The normalized spacial score (nSPS) is 13.3. The van der Waals surface area contributed by atoms with Crippen LogP contribution >= 0.6 is 11.3 Å². The van der Waals surface area contributed by atoms with Crippen molar-refractivity contribution in [3.63, 3.8) is 0 Å². The van der Waals surface area contributed by atoms with Crippen LogP contribution in [0.3, 0.4) is 0 Å². The maximum atomic E-state index is 4.57. The van der Waals surface area contributed by atoms with E-state index < -0.39 is 0 Å². The largest absolute Gasteiger partial charge is 0.309 e. The molecule has 4 heteroatoms. The molecule has 2 aromatic heterocycles. The molecule has 0 bridgehead atoms. The Labute approximate surface area is 113 Å². The first kappa shape index (κ1) is 13.6. The fourth-order valence-corrected chi connectivity index (χ4v) is 3.01. The lowest BCUT2D eigenvalue weighted by Crippen LogP contribution is -2.26. The molecule has 2 heterocycles. The summed E-state index contributed by atoms with van der Waals surface area (Å²) in [7, 11) is 0. The second-order valence-electron chi connectivity index (χ2n) is 4.98. The van der Waals surface area contributed by atoms with Crippen molar-refractivity contribution >= 4 is 16.3 Å². The summed E-state index contributed by atoms with van der Waals surface area (Å²) in [5.41, 5.74) is 2.45. The number of aryl methyl sites for hydroxylation is 1. The first-order valence-electron chi connectivity index (χ1n) is 6.86. The van der Waals surface area contributed by atoms with Gasteiger partial charge in [0, 0.05) is 24.2 Å². The van der Waals surface area contributed by atoms with Gasteiger partial charge in [0.15, 0.2) is 4.96 Å². The van der Waals surface area contributed by atoms with Crippen molar-refractivity contribution in [2.45, 2.75) is 59.0 Å². The van der Waals surface area contributed by atoms with Crippen molar-refractivity contribution in [1.29, 1.82) is 0 Å². The van der Waals surface area contributed by atoms with Gasteiger partial charge in [0.25, 0.3) is 0 Å². The predicted octanol–water partition coefficient (Wildman–Crippen LogP) is 3.76. The Hall–Kier alpha value is -0.870. The highest BCUT2D eigenvalue weighted by Crippen LogP contribution is 2.16. The van der Waals surface area contributed by atoms with E-state index >= 15 is 0 Å². The van der Waals surface area contributed by atoms with E-state index in [1.165, 1.54) is 31.4 Å². The van der Waals surface area contributed by atoms with E-state index in [1.54, 1.807) is 11.3 Å². The van der Waals surface area contributed by atoms with Gasteiger partial charge in [-0.2, -0.15) is 0 Å². The van der Waals surface area contributed by atoms with Crippen molar-refractivity contribution in [1.82, 2.24) is 14.7 Å². The molecule has 2 aromatic rings. The Morgan fingerprint density at radius 2 is 2.28 bits per heavy atom. The summed E-state index contributed by atoms with van der Waals surface area (Å²) in [6, 6.07) is 0.583. The number of aromatic nitrogens is 2. The lowest BCUT2D eigenvalue weighted by molar-refractivity contribution is 0.482. The van der Waals surface area contributed by atoms with E-state index in [1.807, 2.05) is 0 Å². The number of hydrogen-bond acceptors (Lipinski definition) is 3. The highest BCUT2D eigenvalue weighted by atomic mass is 32.1. The lowest BCUT2D eigenvalue weighted by atomic mass is 10.1. The van der Waals surface area contributed by atoms with Gasteiger partial charge in [-0.05, 0) is 20.3 Å². The first-order chi connectivity index (χ1) is 8.72. The topological polar surface area (TPSA) is 29.3 Å². The number of fused-ring (bicyclic) bond motifs is 1. The van der Waals surface area contributed by atoms with Crippen LogP contribution < -0.4 is 5.32 Å². The highest BCUT2D eigenvalue weighted by Gasteiger charge is 2.10. The molecule has 18 heavy (non-hydrogen) atoms. The van der Waals surface area contributed by atoms with E-state index in [9.17, 15) is 0 Å². The second-order valence-corrected chi connectivity index (χ2v) is 5.85. The van der Waals surface area contributed by atoms with Crippen molar-refractivity contribution < 1.29 is 0 Å². The van der Waals surface area contributed by atoms with Gasteiger partial charge in [-0.25, -0.2) is 4.98 Å². The SMILES string of the molecule is CCCCCC(C)NCc1c(C)nc2sccn12. The molecule has 0 aliphatic heterocycles. The molecule has 0 aromatic carbocycles. The molecule has 0 saturated heterocycles. The van der Waals surface area contributed by atoms with E-state index in [-0.39, 0.29) is 0 Å². The van der Waals surface area contributed by atoms with Gasteiger partial charge in [0.2, 0.25) is 0 Å². The minimum absolute atomic E-state index is 0.583. The first-order valence-corrected chi connectivity index (χ1v) is 7.74. The molecule has 0 spiro atoms. The summed E-state index contributed by atoms with van der Waals surface area (Å²) in [5, 5.41) is 5.70. The number of imidazole rings is 1. The molecule has 1 unspecified atom stereocenters. The summed E-state index contributed by atoms with van der Waals surface area (Å²) < 4.78 is 2.20. The molecular formula is C14H23N3S. The molecule has 1 N–H and O–H groups in total. The van der Waals surface area contributed by atoms with E-state index in [0.29, 0.717) is 6.04 Å². The number of rotatable bonds is 7. The third-order valence-corrected chi connectivity index (χ3v) is 4.18. The molecule has 0 aliphatic carbocycles. The molecule has 0 fully saturated rings. The van der Waals surface area contributed by atoms with Crippen molar-refractivity contribution in [3.8, 4) is 0 Å². The van der Waals surface area contributed by atoms with E-state index in [0.717, 1.165) is 17.2 Å². The van der Waals surface area contributed by atoms with Crippen LogP contribution in [0.25, 0.3) is 4.96 Å². The summed E-state index contributed by atoms with van der Waals surface area (Å²) in [6.07, 6.45) is 7.33. The smallest absolute Gasteiger partial charge is 0.194 e. The van der Waals surface area contributed by atoms with Crippen LogP contribution in [0.1, 0.15) is 50.9 Å². The maximum absolute atomic E-state index is 4.57. The van der Waals surface area contributed by atoms with Gasteiger partial charge in [0.05, 0.1) is 11.4 Å². The third kappa shape index (κ3) is 3.12. The maximum Gasteiger partial charge on any atom is 0.194 e. The molecule has 0 saturated carbocycles. The molecule has 0 radical (unpaired) electrons. The molecule has 1 atom stereocenters. The minimum atomic E-state index is 0.583. The summed E-state index contributed by atoms with van der Waals surface area (Å²) >= 11 is 1.70. The molecule has 100 valence electrons. The fourth-order valence-electron chi connectivity index (χ4n) is 2.23. The Morgan fingerprint density at radius 1 is 1.44 bits per heavy atom. The Morgan fingerprint density at radius 3 is 3.06 bits per heavy atom. The zero-order valence-electron chi connectivity index (χ0n) is 11.6. The predicted molar refractivity (Wildman–Crippen MR) is 78.2 cm³/mol. The van der Waals surface area contributed by atoms with Crippen LogP contribution in [0.5, 0.6) is 0 Å². The Bertz CT molecular complexity index is 486. The van der Waals surface area contributed by atoms with Crippen LogP contribution in [0, 0.1) is 6.92 Å². The number of thiazole rings is 1.